The van der Waals surface area contributed by atoms with Gasteiger partial charge in [0.25, 0.3) is 5.01 Å². The summed E-state index contributed by atoms with van der Waals surface area (Å²) in [6.07, 6.45) is 2.27. The number of rotatable bonds is 12. The molecule has 1 aliphatic rings. The first-order valence-corrected chi connectivity index (χ1v) is 16.7. The lowest BCUT2D eigenvalue weighted by atomic mass is 10.0. The quantitative estimate of drug-likeness (QED) is 0.140. The highest BCUT2D eigenvalue weighted by Crippen LogP contribution is 2.48. The topological polar surface area (TPSA) is 106 Å². The second kappa shape index (κ2) is 13.7. The van der Waals surface area contributed by atoms with E-state index in [1.807, 2.05) is 30.3 Å². The first-order chi connectivity index (χ1) is 19.8. The molecule has 12 heteroatoms. The van der Waals surface area contributed by atoms with Crippen LogP contribution in [0.1, 0.15) is 31.7 Å². The van der Waals surface area contributed by atoms with Gasteiger partial charge in [0.05, 0.1) is 51.7 Å². The van der Waals surface area contributed by atoms with E-state index in [-0.39, 0.29) is 0 Å². The number of thioether (sulfide) groups is 1. The molecule has 0 radical (unpaired) electrons. The van der Waals surface area contributed by atoms with Crippen LogP contribution in [0.3, 0.4) is 0 Å². The highest BCUT2D eigenvalue weighted by atomic mass is 32.2. The van der Waals surface area contributed by atoms with Crippen molar-refractivity contribution < 1.29 is 30.5 Å². The van der Waals surface area contributed by atoms with Gasteiger partial charge in [-0.15, -0.1) is 0 Å². The molecule has 0 N–H and O–H groups in total. The van der Waals surface area contributed by atoms with E-state index in [9.17, 15) is 17.5 Å². The van der Waals surface area contributed by atoms with E-state index in [1.54, 1.807) is 36.9 Å². The third-order valence-electron chi connectivity index (χ3n) is 6.73. The number of hydrogen-bond acceptors (Lipinski definition) is 9. The van der Waals surface area contributed by atoms with Gasteiger partial charge in [0.15, 0.2) is 6.54 Å². The third-order valence-corrected chi connectivity index (χ3v) is 9.92. The summed E-state index contributed by atoms with van der Waals surface area (Å²) in [4.78, 5) is 3.34. The fraction of sp³-hybridized carbons (Fsp3) is 0.276. The predicted octanol–water partition coefficient (Wildman–Crippen LogP) is 5.95. The van der Waals surface area contributed by atoms with Gasteiger partial charge in [0.1, 0.15) is 4.70 Å². The van der Waals surface area contributed by atoms with Crippen molar-refractivity contribution in [1.82, 2.24) is 0 Å². The van der Waals surface area contributed by atoms with Gasteiger partial charge in [0, 0.05) is 23.9 Å². The lowest BCUT2D eigenvalue weighted by Gasteiger charge is -2.23. The second-order valence-electron chi connectivity index (χ2n) is 9.64. The molecule has 0 saturated heterocycles. The molecule has 5 rings (SSSR count). The van der Waals surface area contributed by atoms with Crippen molar-refractivity contribution in [2.24, 2.45) is 0 Å². The Morgan fingerprint density at radius 2 is 1.59 bits per heavy atom. The van der Waals surface area contributed by atoms with Gasteiger partial charge < -0.3 is 14.0 Å². The van der Waals surface area contributed by atoms with E-state index in [0.29, 0.717) is 25.9 Å². The monoisotopic (exact) mass is 629 g/mol. The summed E-state index contributed by atoms with van der Waals surface area (Å²) in [5, 5.41) is 2.04. The second-order valence-corrected chi connectivity index (χ2v) is 13.0. The Balaban J connectivity index is 1.51. The average Bonchev–Trinajstić information content (AvgIpc) is 3.47. The van der Waals surface area contributed by atoms with Gasteiger partial charge in [0.2, 0.25) is 5.52 Å². The molecule has 0 fully saturated rings. The molecule has 0 bridgehead atoms. The zero-order valence-corrected chi connectivity index (χ0v) is 25.7. The Hall–Kier alpha value is -2.42. The zero-order valence-electron chi connectivity index (χ0n) is 22.5. The van der Waals surface area contributed by atoms with E-state index in [0.717, 1.165) is 42.0 Å². The minimum absolute atomic E-state index is 0.453. The normalized spacial score (nSPS) is 17.1. The summed E-state index contributed by atoms with van der Waals surface area (Å²) in [6.45, 7) is 4.64. The van der Waals surface area contributed by atoms with Crippen molar-refractivity contribution in [2.75, 3.05) is 11.4 Å². The molecule has 4 atom stereocenters. The van der Waals surface area contributed by atoms with Crippen LogP contribution < -0.4 is 9.47 Å². The minimum Gasteiger partial charge on any atom is -0.750 e. The lowest BCUT2D eigenvalue weighted by molar-refractivity contribution is -0.669. The Morgan fingerprint density at radius 3 is 2.32 bits per heavy atom. The molecule has 1 aliphatic heterocycles. The van der Waals surface area contributed by atoms with Gasteiger partial charge in [-0.25, -0.2) is 8.42 Å². The summed E-state index contributed by atoms with van der Waals surface area (Å²) >= 11 is -1.80. The van der Waals surface area contributed by atoms with Crippen LogP contribution in [-0.4, -0.2) is 36.3 Å². The van der Waals surface area contributed by atoms with Crippen LogP contribution in [0.4, 0.5) is 5.69 Å². The van der Waals surface area contributed by atoms with Gasteiger partial charge >= 0.3 is 0 Å². The highest BCUT2D eigenvalue weighted by molar-refractivity contribution is 8.03. The van der Waals surface area contributed by atoms with Crippen LogP contribution in [0, 0.1) is 0 Å². The molecule has 8 nitrogen and oxygen atoms in total. The molecule has 2 heterocycles. The maximum absolute atomic E-state index is 11.1. The van der Waals surface area contributed by atoms with Gasteiger partial charge in [-0.2, -0.15) is 4.57 Å². The lowest BCUT2D eigenvalue weighted by Crippen LogP contribution is -2.37. The SMILES string of the molecule is CC(CCN1C(=Cc2sc3ccccc3[n+]2CCC(C)OS(=O)[O-])Sc2ccc(-c3ccccc3)cc21)OS(=O)[O-]. The molecule has 3 aromatic carbocycles. The van der Waals surface area contributed by atoms with E-state index in [4.69, 9.17) is 8.37 Å². The van der Waals surface area contributed by atoms with Crippen molar-refractivity contribution in [3.63, 3.8) is 0 Å². The van der Waals surface area contributed by atoms with Crippen LogP contribution >= 0.6 is 23.1 Å². The fourth-order valence-corrected chi connectivity index (χ4v) is 7.77. The zero-order chi connectivity index (χ0) is 28.9. The van der Waals surface area contributed by atoms with Crippen LogP contribution in [0.5, 0.6) is 0 Å². The summed E-state index contributed by atoms with van der Waals surface area (Å²) in [6, 6.07) is 24.8. The van der Waals surface area contributed by atoms with Crippen molar-refractivity contribution in [3.05, 3.63) is 82.8 Å². The summed E-state index contributed by atoms with van der Waals surface area (Å²) < 4.78 is 57.5. The summed E-state index contributed by atoms with van der Waals surface area (Å²) in [7, 11) is 0. The Labute approximate surface area is 253 Å². The van der Waals surface area contributed by atoms with Crippen molar-refractivity contribution in [2.45, 2.75) is 50.3 Å². The Morgan fingerprint density at radius 1 is 0.902 bits per heavy atom. The smallest absolute Gasteiger partial charge is 0.265 e. The number of benzene rings is 3. The largest absolute Gasteiger partial charge is 0.750 e. The van der Waals surface area contributed by atoms with Crippen LogP contribution in [-0.2, 0) is 37.6 Å². The number of para-hydroxylation sites is 1. The Bertz CT molecular complexity index is 1590. The molecule has 41 heavy (non-hydrogen) atoms. The number of anilines is 1. The highest BCUT2D eigenvalue weighted by Gasteiger charge is 2.29. The number of hydrogen-bond donors (Lipinski definition) is 0. The third kappa shape index (κ3) is 7.51. The van der Waals surface area contributed by atoms with E-state index in [2.05, 4.69) is 58.0 Å². The number of thiazole rings is 1. The van der Waals surface area contributed by atoms with Crippen LogP contribution in [0.25, 0.3) is 27.4 Å². The molecule has 0 aliphatic carbocycles. The number of aryl methyl sites for hydroxylation is 1. The van der Waals surface area contributed by atoms with Crippen LogP contribution in [0.15, 0.2) is 82.7 Å². The fourth-order valence-electron chi connectivity index (χ4n) is 4.73. The van der Waals surface area contributed by atoms with E-state index in [1.165, 1.54) is 0 Å². The number of aromatic nitrogens is 1. The molecule has 216 valence electrons. The first kappa shape index (κ1) is 30.1. The predicted molar refractivity (Wildman–Crippen MR) is 163 cm³/mol. The summed E-state index contributed by atoms with van der Waals surface area (Å²) in [5.74, 6) is 0. The maximum atomic E-state index is 11.1. The molecular weight excluding hydrogens is 601 g/mol. The summed E-state index contributed by atoms with van der Waals surface area (Å²) in [5.41, 5.74) is 4.35. The van der Waals surface area contributed by atoms with Crippen molar-refractivity contribution in [1.29, 1.82) is 0 Å². The number of fused-ring (bicyclic) bond motifs is 2. The maximum Gasteiger partial charge on any atom is 0.265 e. The van der Waals surface area contributed by atoms with Gasteiger partial charge in [-0.1, -0.05) is 71.6 Å². The molecule has 4 aromatic rings. The number of nitrogens with zero attached hydrogens (tertiary/aromatic N) is 2. The average molecular weight is 630 g/mol. The first-order valence-electron chi connectivity index (χ1n) is 13.1. The molecular formula is C29H29N2O6S4-. The van der Waals surface area contributed by atoms with E-state index < -0.39 is 34.9 Å². The van der Waals surface area contributed by atoms with E-state index >= 15 is 0 Å². The van der Waals surface area contributed by atoms with Crippen LogP contribution in [0.2, 0.25) is 0 Å². The molecule has 0 spiro atoms. The molecule has 1 aromatic heterocycles. The van der Waals surface area contributed by atoms with Crippen molar-refractivity contribution >= 4 is 67.8 Å². The van der Waals surface area contributed by atoms with Gasteiger partial charge in [-0.05, 0) is 49.6 Å². The molecule has 4 unspecified atom stereocenters. The molecule has 0 saturated carbocycles. The minimum atomic E-state index is -2.57. The van der Waals surface area contributed by atoms with Gasteiger partial charge in [-0.3, -0.25) is 8.37 Å². The Kier molecular flexibility index (Phi) is 10.0. The molecule has 0 amide bonds. The van der Waals surface area contributed by atoms with Crippen molar-refractivity contribution in [3.8, 4) is 11.1 Å². The standard InChI is InChI=1S/C29H30N2O6S4/c1-20(36-40(32)33)14-16-30-24-10-6-7-11-26(24)38-28(30)19-29-31(17-15-21(2)37-41(34)35)25-18-23(12-13-27(25)39-29)22-8-4-3-5-9-22/h3-13,18-21H,14-17H2,1-2H3,(H-,32,33,34,35)/p-1.